The minimum absolute atomic E-state index is 0.671. The number of hydrogen-bond donors (Lipinski definition) is 2. The highest BCUT2D eigenvalue weighted by molar-refractivity contribution is 5.77. The predicted octanol–water partition coefficient (Wildman–Crippen LogP) is 7.55. The fourth-order valence-corrected chi connectivity index (χ4v) is 7.20. The van der Waals surface area contributed by atoms with Gasteiger partial charge >= 0.3 is 0 Å². The Kier molecular flexibility index (Phi) is 9.82. The molecule has 4 aromatic heterocycles. The Morgan fingerprint density at radius 3 is 1.31 bits per heavy atom. The van der Waals surface area contributed by atoms with Crippen molar-refractivity contribution < 1.29 is 0 Å². The second-order valence-corrected chi connectivity index (χ2v) is 13.5. The van der Waals surface area contributed by atoms with Gasteiger partial charge < -0.3 is 19.8 Å². The lowest BCUT2D eigenvalue weighted by Gasteiger charge is -2.12. The third-order valence-electron chi connectivity index (χ3n) is 10.1. The van der Waals surface area contributed by atoms with E-state index in [2.05, 4.69) is 143 Å². The molecule has 8 heteroatoms. The quantitative estimate of drug-likeness (QED) is 0.123. The molecule has 0 spiro atoms. The molecule has 0 unspecified atom stereocenters. The van der Waals surface area contributed by atoms with E-state index in [1.165, 1.54) is 33.3 Å². The molecule has 260 valence electrons. The van der Waals surface area contributed by atoms with Crippen molar-refractivity contribution >= 4 is 33.1 Å². The van der Waals surface area contributed by atoms with E-state index in [1.54, 1.807) is 0 Å². The molecule has 0 amide bonds. The monoisotopic (exact) mass is 684 g/mol. The highest BCUT2D eigenvalue weighted by Crippen LogP contribution is 2.20. The molecule has 0 saturated heterocycles. The first kappa shape index (κ1) is 33.4. The number of aromatic nitrogens is 6. The molecule has 0 bridgehead atoms. The Morgan fingerprint density at radius 1 is 0.423 bits per heavy atom. The lowest BCUT2D eigenvalue weighted by atomic mass is 10.0. The average Bonchev–Trinajstić information content (AvgIpc) is 3.68. The Bertz CT molecular complexity index is 2310. The zero-order valence-corrected chi connectivity index (χ0v) is 29.9. The van der Waals surface area contributed by atoms with Gasteiger partial charge in [-0.2, -0.15) is 0 Å². The van der Waals surface area contributed by atoms with Crippen molar-refractivity contribution in [3.8, 4) is 0 Å². The van der Waals surface area contributed by atoms with Gasteiger partial charge in [0.25, 0.3) is 0 Å². The van der Waals surface area contributed by atoms with Crippen LogP contribution in [-0.4, -0.2) is 29.1 Å². The zero-order chi connectivity index (χ0) is 35.3. The van der Waals surface area contributed by atoms with E-state index in [1.807, 2.05) is 12.1 Å². The van der Waals surface area contributed by atoms with Crippen molar-refractivity contribution in [1.82, 2.24) is 39.7 Å². The van der Waals surface area contributed by atoms with Gasteiger partial charge in [0.2, 0.25) is 0 Å². The highest BCUT2D eigenvalue weighted by Gasteiger charge is 2.11. The van der Waals surface area contributed by atoms with Crippen molar-refractivity contribution in [2.75, 3.05) is 0 Å². The summed E-state index contributed by atoms with van der Waals surface area (Å²) in [7, 11) is 4.22. The molecule has 4 aromatic carbocycles. The van der Waals surface area contributed by atoms with Crippen LogP contribution in [0.25, 0.3) is 33.1 Å². The molecular formula is C44H44N8. The van der Waals surface area contributed by atoms with Crippen LogP contribution in [0.5, 0.6) is 0 Å². The van der Waals surface area contributed by atoms with Crippen molar-refractivity contribution in [2.45, 2.75) is 51.9 Å². The summed E-state index contributed by atoms with van der Waals surface area (Å²) in [6.45, 7) is 2.89. The van der Waals surface area contributed by atoms with Gasteiger partial charge in [-0.05, 0) is 83.6 Å². The normalized spacial score (nSPS) is 11.7. The number of nitrogens with zero attached hydrogens (tertiary/aromatic N) is 6. The lowest BCUT2D eigenvalue weighted by Crippen LogP contribution is -2.16. The topological polar surface area (TPSA) is 85.5 Å². The Morgan fingerprint density at radius 2 is 0.846 bits per heavy atom. The van der Waals surface area contributed by atoms with Crippen LogP contribution in [0.4, 0.5) is 0 Å². The fourth-order valence-electron chi connectivity index (χ4n) is 7.20. The summed E-state index contributed by atoms with van der Waals surface area (Å²) in [6, 6.07) is 42.5. The minimum atomic E-state index is 0.671. The first-order valence-electron chi connectivity index (χ1n) is 18.2. The molecular weight excluding hydrogens is 641 g/mol. The summed E-state index contributed by atoms with van der Waals surface area (Å²) in [6.07, 6.45) is 3.68. The molecule has 0 saturated carbocycles. The number of fused-ring (bicyclic) bond motifs is 3. The van der Waals surface area contributed by atoms with Gasteiger partial charge in [0.15, 0.2) is 5.65 Å². The van der Waals surface area contributed by atoms with E-state index in [0.717, 1.165) is 83.9 Å². The lowest BCUT2D eigenvalue weighted by molar-refractivity contribution is 0.669. The van der Waals surface area contributed by atoms with Gasteiger partial charge in [-0.25, -0.2) is 19.9 Å². The highest BCUT2D eigenvalue weighted by atomic mass is 15.1. The van der Waals surface area contributed by atoms with Crippen molar-refractivity contribution in [3.05, 3.63) is 167 Å². The van der Waals surface area contributed by atoms with Gasteiger partial charge in [-0.15, -0.1) is 0 Å². The zero-order valence-electron chi connectivity index (χ0n) is 29.9. The molecule has 8 nitrogen and oxygen atoms in total. The summed E-state index contributed by atoms with van der Waals surface area (Å²) in [4.78, 5) is 19.6. The van der Waals surface area contributed by atoms with Crippen LogP contribution in [0.3, 0.4) is 0 Å². The fraction of sp³-hybridized carbons (Fsp3) is 0.227. The van der Waals surface area contributed by atoms with E-state index in [9.17, 15) is 0 Å². The average molecular weight is 685 g/mol. The maximum Gasteiger partial charge on any atom is 0.159 e. The molecule has 0 atom stereocenters. The second-order valence-electron chi connectivity index (χ2n) is 13.5. The number of nitrogens with one attached hydrogen (secondary N) is 2. The first-order chi connectivity index (χ1) is 25.6. The predicted molar refractivity (Wildman–Crippen MR) is 210 cm³/mol. The van der Waals surface area contributed by atoms with Crippen molar-refractivity contribution in [3.63, 3.8) is 0 Å². The molecule has 52 heavy (non-hydrogen) atoms. The van der Waals surface area contributed by atoms with Gasteiger partial charge in [-0.1, -0.05) is 72.8 Å². The summed E-state index contributed by atoms with van der Waals surface area (Å²) in [5.41, 5.74) is 12.5. The van der Waals surface area contributed by atoms with Crippen LogP contribution >= 0.6 is 0 Å². The molecule has 2 N–H and O–H groups in total. The number of rotatable bonds is 14. The van der Waals surface area contributed by atoms with E-state index in [4.69, 9.17) is 19.9 Å². The summed E-state index contributed by atoms with van der Waals surface area (Å²) >= 11 is 0. The van der Waals surface area contributed by atoms with Crippen LogP contribution in [0.1, 0.15) is 45.3 Å². The van der Waals surface area contributed by atoms with E-state index in [0.29, 0.717) is 13.1 Å². The maximum absolute atomic E-state index is 4.93. The molecule has 4 heterocycles. The molecule has 0 radical (unpaired) electrons. The third-order valence-corrected chi connectivity index (χ3v) is 10.1. The summed E-state index contributed by atoms with van der Waals surface area (Å²) in [5, 5.41) is 8.30. The summed E-state index contributed by atoms with van der Waals surface area (Å²) < 4.78 is 4.42. The maximum atomic E-state index is 4.93. The van der Waals surface area contributed by atoms with Crippen molar-refractivity contribution in [2.24, 2.45) is 14.1 Å². The van der Waals surface area contributed by atoms with Crippen LogP contribution < -0.4 is 10.6 Å². The molecule has 0 aliphatic carbocycles. The van der Waals surface area contributed by atoms with E-state index < -0.39 is 0 Å². The number of aryl methyl sites for hydroxylation is 6. The number of benzene rings is 4. The van der Waals surface area contributed by atoms with Gasteiger partial charge in [0.1, 0.15) is 11.6 Å². The Hall–Kier alpha value is -5.70. The van der Waals surface area contributed by atoms with Crippen LogP contribution in [0.15, 0.2) is 121 Å². The van der Waals surface area contributed by atoms with Crippen molar-refractivity contribution in [1.29, 1.82) is 0 Å². The Balaban J connectivity index is 0.856. The van der Waals surface area contributed by atoms with Crippen LogP contribution in [0, 0.1) is 0 Å². The van der Waals surface area contributed by atoms with E-state index in [-0.39, 0.29) is 0 Å². The van der Waals surface area contributed by atoms with Gasteiger partial charge in [0, 0.05) is 58.5 Å². The SMILES string of the molecule is Cn1c(CCc2ccccc2CNCc2ccc3ccc(CNCc4ccccc4CCc4nc5ccccc5n4C)nc3n2)nc2ccccc21. The second kappa shape index (κ2) is 15.3. The smallest absolute Gasteiger partial charge is 0.159 e. The number of pyridine rings is 2. The van der Waals surface area contributed by atoms with Gasteiger partial charge in [-0.3, -0.25) is 0 Å². The number of para-hydroxylation sites is 4. The Labute approximate surface area is 304 Å². The first-order valence-corrected chi connectivity index (χ1v) is 18.2. The van der Waals surface area contributed by atoms with Gasteiger partial charge in [0.05, 0.1) is 33.5 Å². The van der Waals surface area contributed by atoms with E-state index >= 15 is 0 Å². The number of imidazole rings is 2. The third kappa shape index (κ3) is 7.35. The number of hydrogen-bond acceptors (Lipinski definition) is 6. The molecule has 0 fully saturated rings. The molecule has 0 aliphatic rings. The molecule has 0 aliphatic heterocycles. The minimum Gasteiger partial charge on any atom is -0.331 e. The molecule has 8 rings (SSSR count). The summed E-state index contributed by atoms with van der Waals surface area (Å²) in [5.74, 6) is 2.23. The van der Waals surface area contributed by atoms with Crippen LogP contribution in [-0.2, 0) is 66.0 Å². The largest absolute Gasteiger partial charge is 0.331 e. The standard InChI is InChI=1S/C44H44N8/c1-51-40-17-9-7-15-38(40)49-42(51)25-21-31-11-3-5-13-34(31)27-45-29-36-23-19-33-20-24-37(48-44(33)47-36)30-46-28-35-14-6-4-12-32(35)22-26-43-50-39-16-8-10-18-41(39)52(43)2/h3-20,23-24,45-46H,21-22,25-30H2,1-2H3. The van der Waals surface area contributed by atoms with Crippen LogP contribution in [0.2, 0.25) is 0 Å². The molecule has 8 aromatic rings.